The van der Waals surface area contributed by atoms with Crippen LogP contribution in [-0.4, -0.2) is 39.4 Å². The maximum Gasteiger partial charge on any atom is 0.358 e. The Morgan fingerprint density at radius 2 is 2.00 bits per heavy atom. The third-order valence-corrected chi connectivity index (χ3v) is 2.82. The van der Waals surface area contributed by atoms with Gasteiger partial charge in [-0.25, -0.2) is 4.79 Å². The maximum atomic E-state index is 10.7. The minimum atomic E-state index is -1.11. The van der Waals surface area contributed by atoms with Crippen LogP contribution in [0.1, 0.15) is 21.8 Å². The molecule has 0 saturated carbocycles. The predicted molar refractivity (Wildman–Crippen MR) is 71.1 cm³/mol. The number of aromatic nitrogens is 1. The summed E-state index contributed by atoms with van der Waals surface area (Å²) in [5.41, 5.74) is 1.00. The van der Waals surface area contributed by atoms with Crippen molar-refractivity contribution in [1.82, 2.24) is 10.1 Å². The molecule has 1 aromatic heterocycles. The molecule has 0 aliphatic rings. The lowest BCUT2D eigenvalue weighted by atomic mass is 10.2. The second-order valence-corrected chi connectivity index (χ2v) is 4.40. The highest BCUT2D eigenvalue weighted by atomic mass is 16.5. The fourth-order valence-electron chi connectivity index (χ4n) is 1.91. The van der Waals surface area contributed by atoms with Crippen molar-refractivity contribution >= 4 is 5.97 Å². The van der Waals surface area contributed by atoms with E-state index in [1.165, 1.54) is 6.07 Å². The fraction of sp³-hybridized carbons (Fsp3) is 0.286. The SMILES string of the molecule is O=C(O)c1cc(CN(CCO)Cc2ccccc2)on1. The molecule has 0 aliphatic carbocycles. The van der Waals surface area contributed by atoms with Gasteiger partial charge >= 0.3 is 5.97 Å². The fourth-order valence-corrected chi connectivity index (χ4v) is 1.91. The van der Waals surface area contributed by atoms with E-state index in [2.05, 4.69) is 5.16 Å². The Kier molecular flexibility index (Phi) is 4.86. The van der Waals surface area contributed by atoms with Crippen molar-refractivity contribution in [2.45, 2.75) is 13.1 Å². The Morgan fingerprint density at radius 1 is 1.25 bits per heavy atom. The van der Waals surface area contributed by atoms with Crippen LogP contribution in [0.15, 0.2) is 40.9 Å². The number of aliphatic hydroxyl groups is 1. The molecule has 0 saturated heterocycles. The Labute approximate surface area is 116 Å². The van der Waals surface area contributed by atoms with Gasteiger partial charge in [0.2, 0.25) is 0 Å². The van der Waals surface area contributed by atoms with Crippen molar-refractivity contribution in [3.63, 3.8) is 0 Å². The van der Waals surface area contributed by atoms with Crippen LogP contribution < -0.4 is 0 Å². The van der Waals surface area contributed by atoms with E-state index >= 15 is 0 Å². The van der Waals surface area contributed by atoms with E-state index in [1.807, 2.05) is 35.2 Å². The van der Waals surface area contributed by atoms with Crippen LogP contribution in [0.25, 0.3) is 0 Å². The minimum Gasteiger partial charge on any atom is -0.476 e. The summed E-state index contributed by atoms with van der Waals surface area (Å²) >= 11 is 0. The molecule has 6 nitrogen and oxygen atoms in total. The lowest BCUT2D eigenvalue weighted by molar-refractivity contribution is 0.0685. The molecule has 0 bridgehead atoms. The number of hydrogen-bond acceptors (Lipinski definition) is 5. The zero-order chi connectivity index (χ0) is 14.4. The first-order valence-electron chi connectivity index (χ1n) is 6.25. The molecule has 0 fully saturated rings. The predicted octanol–water partition coefficient (Wildman–Crippen LogP) is 1.37. The van der Waals surface area contributed by atoms with Crippen LogP contribution in [0.5, 0.6) is 0 Å². The zero-order valence-corrected chi connectivity index (χ0v) is 10.9. The molecule has 1 heterocycles. The highest BCUT2D eigenvalue weighted by Gasteiger charge is 2.14. The molecule has 106 valence electrons. The molecule has 0 amide bonds. The average molecular weight is 276 g/mol. The maximum absolute atomic E-state index is 10.7. The summed E-state index contributed by atoms with van der Waals surface area (Å²) in [4.78, 5) is 12.7. The van der Waals surface area contributed by atoms with Crippen LogP contribution in [0.4, 0.5) is 0 Å². The third-order valence-electron chi connectivity index (χ3n) is 2.82. The highest BCUT2D eigenvalue weighted by molar-refractivity contribution is 5.85. The van der Waals surface area contributed by atoms with E-state index in [1.54, 1.807) is 0 Å². The number of rotatable bonds is 7. The van der Waals surface area contributed by atoms with E-state index in [9.17, 15) is 4.79 Å². The first-order chi connectivity index (χ1) is 9.69. The van der Waals surface area contributed by atoms with Gasteiger partial charge in [-0.15, -0.1) is 0 Å². The molecule has 20 heavy (non-hydrogen) atoms. The summed E-state index contributed by atoms with van der Waals surface area (Å²) in [6.45, 7) is 1.53. The van der Waals surface area contributed by atoms with Crippen molar-refractivity contribution in [2.24, 2.45) is 0 Å². The van der Waals surface area contributed by atoms with Crippen LogP contribution in [0, 0.1) is 0 Å². The molecular weight excluding hydrogens is 260 g/mol. The van der Waals surface area contributed by atoms with Crippen LogP contribution in [0.3, 0.4) is 0 Å². The molecule has 2 aromatic rings. The Balaban J connectivity index is 2.02. The van der Waals surface area contributed by atoms with Gasteiger partial charge in [0.25, 0.3) is 0 Å². The number of benzene rings is 1. The first-order valence-corrected chi connectivity index (χ1v) is 6.25. The Hall–Kier alpha value is -2.18. The van der Waals surface area contributed by atoms with E-state index in [0.29, 0.717) is 25.4 Å². The molecule has 0 aliphatic heterocycles. The van der Waals surface area contributed by atoms with Gasteiger partial charge in [-0.05, 0) is 5.56 Å². The largest absolute Gasteiger partial charge is 0.476 e. The number of aliphatic hydroxyl groups excluding tert-OH is 1. The second kappa shape index (κ2) is 6.83. The van der Waals surface area contributed by atoms with Gasteiger partial charge in [0.15, 0.2) is 11.5 Å². The van der Waals surface area contributed by atoms with Gasteiger partial charge in [0, 0.05) is 19.2 Å². The van der Waals surface area contributed by atoms with Crippen LogP contribution in [0.2, 0.25) is 0 Å². The average Bonchev–Trinajstić information content (AvgIpc) is 2.89. The van der Waals surface area contributed by atoms with E-state index in [0.717, 1.165) is 5.56 Å². The standard InChI is InChI=1S/C14H16N2O4/c17-7-6-16(9-11-4-2-1-3-5-11)10-12-8-13(14(18)19)15-20-12/h1-5,8,17H,6-7,9-10H2,(H,18,19). The number of nitrogens with zero attached hydrogens (tertiary/aromatic N) is 2. The smallest absolute Gasteiger partial charge is 0.358 e. The second-order valence-electron chi connectivity index (χ2n) is 4.40. The van der Waals surface area contributed by atoms with Gasteiger partial charge in [0.1, 0.15) is 0 Å². The highest BCUT2D eigenvalue weighted by Crippen LogP contribution is 2.11. The lowest BCUT2D eigenvalue weighted by Gasteiger charge is -2.19. The van der Waals surface area contributed by atoms with Gasteiger partial charge in [-0.2, -0.15) is 0 Å². The quantitative estimate of drug-likeness (QED) is 0.794. The van der Waals surface area contributed by atoms with E-state index in [-0.39, 0.29) is 12.3 Å². The van der Waals surface area contributed by atoms with E-state index < -0.39 is 5.97 Å². The summed E-state index contributed by atoms with van der Waals surface area (Å²) in [5.74, 6) is -0.649. The molecule has 0 radical (unpaired) electrons. The monoisotopic (exact) mass is 276 g/mol. The normalized spacial score (nSPS) is 10.9. The number of carboxylic acid groups (broad SMARTS) is 1. The molecule has 2 N–H and O–H groups in total. The number of carbonyl (C=O) groups is 1. The number of carboxylic acids is 1. The third kappa shape index (κ3) is 3.91. The van der Waals surface area contributed by atoms with Gasteiger partial charge < -0.3 is 14.7 Å². The molecule has 6 heteroatoms. The summed E-state index contributed by atoms with van der Waals surface area (Å²) in [6, 6.07) is 11.2. The zero-order valence-electron chi connectivity index (χ0n) is 10.9. The Morgan fingerprint density at radius 3 is 2.60 bits per heavy atom. The van der Waals surface area contributed by atoms with Crippen LogP contribution >= 0.6 is 0 Å². The molecule has 2 rings (SSSR count). The summed E-state index contributed by atoms with van der Waals surface area (Å²) in [6.07, 6.45) is 0. The summed E-state index contributed by atoms with van der Waals surface area (Å²) in [7, 11) is 0. The van der Waals surface area contributed by atoms with Crippen molar-refractivity contribution < 1.29 is 19.5 Å². The lowest BCUT2D eigenvalue weighted by Crippen LogP contribution is -2.25. The number of aromatic carboxylic acids is 1. The molecule has 0 spiro atoms. The number of hydrogen-bond donors (Lipinski definition) is 2. The van der Waals surface area contributed by atoms with E-state index in [4.69, 9.17) is 14.7 Å². The minimum absolute atomic E-state index is 0.0206. The summed E-state index contributed by atoms with van der Waals surface area (Å²) < 4.78 is 4.99. The van der Waals surface area contributed by atoms with Gasteiger partial charge in [-0.1, -0.05) is 35.5 Å². The molecule has 1 aromatic carbocycles. The van der Waals surface area contributed by atoms with Crippen molar-refractivity contribution in [1.29, 1.82) is 0 Å². The molecular formula is C14H16N2O4. The topological polar surface area (TPSA) is 86.8 Å². The van der Waals surface area contributed by atoms with Crippen molar-refractivity contribution in [2.75, 3.05) is 13.2 Å². The summed E-state index contributed by atoms with van der Waals surface area (Å²) in [5, 5.41) is 21.4. The Bertz CT molecular complexity index is 553. The van der Waals surface area contributed by atoms with Crippen molar-refractivity contribution in [3.05, 3.63) is 53.4 Å². The van der Waals surface area contributed by atoms with Gasteiger partial charge in [0.05, 0.1) is 13.2 Å². The van der Waals surface area contributed by atoms with Crippen molar-refractivity contribution in [3.8, 4) is 0 Å². The van der Waals surface area contributed by atoms with Crippen LogP contribution in [-0.2, 0) is 13.1 Å². The first kappa shape index (κ1) is 14.2. The molecule has 0 atom stereocenters. The molecule has 0 unspecified atom stereocenters. The van der Waals surface area contributed by atoms with Gasteiger partial charge in [-0.3, -0.25) is 4.90 Å².